The minimum atomic E-state index is -3.52. The van der Waals surface area contributed by atoms with Gasteiger partial charge in [-0.25, -0.2) is 13.2 Å². The zero-order valence-electron chi connectivity index (χ0n) is 14.0. The maximum atomic E-state index is 12.5. The van der Waals surface area contributed by atoms with Crippen LogP contribution in [-0.2, 0) is 9.84 Å². The van der Waals surface area contributed by atoms with Crippen molar-refractivity contribution in [3.05, 3.63) is 58.6 Å². The molecule has 26 heavy (non-hydrogen) atoms. The molecule has 2 aromatic carbocycles. The highest BCUT2D eigenvalue weighted by Crippen LogP contribution is 2.22. The van der Waals surface area contributed by atoms with E-state index in [-0.39, 0.29) is 17.2 Å². The van der Waals surface area contributed by atoms with Gasteiger partial charge in [0.25, 0.3) is 0 Å². The zero-order valence-corrected chi connectivity index (χ0v) is 17.1. The van der Waals surface area contributed by atoms with Crippen LogP contribution in [0.3, 0.4) is 0 Å². The lowest BCUT2D eigenvalue weighted by molar-refractivity contribution is 0.240. The van der Waals surface area contributed by atoms with Crippen molar-refractivity contribution >= 4 is 56.7 Å². The van der Waals surface area contributed by atoms with Crippen molar-refractivity contribution in [1.82, 2.24) is 4.31 Å². The summed E-state index contributed by atoms with van der Waals surface area (Å²) in [6, 6.07) is 12.4. The molecule has 0 radical (unpaired) electrons. The molecule has 0 aromatic heterocycles. The molecule has 0 bridgehead atoms. The Kier molecular flexibility index (Phi) is 7.64. The first kappa shape index (κ1) is 20.9. The summed E-state index contributed by atoms with van der Waals surface area (Å²) in [6.07, 6.45) is 0. The number of hydrogen-bond acceptors (Lipinski definition) is 4. The first-order valence-corrected chi connectivity index (χ1v) is 11.1. The second kappa shape index (κ2) is 9.50. The highest BCUT2D eigenvalue weighted by atomic mass is 35.5. The number of amides is 2. The normalized spacial score (nSPS) is 11.2. The quantitative estimate of drug-likeness (QED) is 0.627. The van der Waals surface area contributed by atoms with Gasteiger partial charge >= 0.3 is 6.03 Å². The molecule has 5 nitrogen and oxygen atoms in total. The Labute approximate surface area is 167 Å². The smallest absolute Gasteiger partial charge is 0.306 e. The van der Waals surface area contributed by atoms with Gasteiger partial charge in [0.15, 0.2) is 9.84 Å². The lowest BCUT2D eigenvalue weighted by Crippen LogP contribution is -2.33. The van der Waals surface area contributed by atoms with E-state index in [9.17, 15) is 13.2 Å². The van der Waals surface area contributed by atoms with Crippen LogP contribution in [-0.4, -0.2) is 36.8 Å². The third kappa shape index (κ3) is 5.81. The van der Waals surface area contributed by atoms with E-state index in [0.717, 1.165) is 0 Å². The molecule has 0 unspecified atom stereocenters. The number of sulfone groups is 1. The molecule has 140 valence electrons. The number of urea groups is 1. The Morgan fingerprint density at radius 3 is 2.38 bits per heavy atom. The third-order valence-electron chi connectivity index (χ3n) is 3.36. The molecule has 0 aliphatic carbocycles. The van der Waals surface area contributed by atoms with Gasteiger partial charge in [-0.05, 0) is 48.3 Å². The number of hydrogen-bond donors (Lipinski definition) is 1. The second-order valence-corrected chi connectivity index (χ2v) is 9.43. The van der Waals surface area contributed by atoms with Crippen molar-refractivity contribution < 1.29 is 13.2 Å². The largest absolute Gasteiger partial charge is 0.331 e. The van der Waals surface area contributed by atoms with Crippen molar-refractivity contribution in [2.45, 2.75) is 11.8 Å². The standard InChI is InChI=1S/C17H18Cl2N2O3S2/c1-2-25-21(17(22)20-16-6-4-3-5-15(16)19)11-12-26(23,24)14-9-7-13(18)8-10-14/h3-10H,2,11-12H2,1H3,(H,20,22). The summed E-state index contributed by atoms with van der Waals surface area (Å²) < 4.78 is 26.3. The van der Waals surface area contributed by atoms with Gasteiger partial charge in [-0.2, -0.15) is 0 Å². The number of anilines is 1. The molecule has 0 saturated carbocycles. The van der Waals surface area contributed by atoms with E-state index < -0.39 is 15.9 Å². The number of nitrogens with zero attached hydrogens (tertiary/aromatic N) is 1. The maximum Gasteiger partial charge on any atom is 0.331 e. The van der Waals surface area contributed by atoms with Crippen LogP contribution >= 0.6 is 35.1 Å². The van der Waals surface area contributed by atoms with E-state index in [2.05, 4.69) is 5.32 Å². The van der Waals surface area contributed by atoms with Crippen LogP contribution in [0.1, 0.15) is 6.92 Å². The molecule has 0 aliphatic heterocycles. The van der Waals surface area contributed by atoms with Gasteiger partial charge in [-0.15, -0.1) is 0 Å². The summed E-state index contributed by atoms with van der Waals surface area (Å²) in [4.78, 5) is 12.7. The van der Waals surface area contributed by atoms with Crippen molar-refractivity contribution in [1.29, 1.82) is 0 Å². The van der Waals surface area contributed by atoms with Gasteiger partial charge < -0.3 is 5.32 Å². The average Bonchev–Trinajstić information content (AvgIpc) is 2.61. The Balaban J connectivity index is 2.06. The Morgan fingerprint density at radius 2 is 1.77 bits per heavy atom. The molecule has 0 saturated heterocycles. The lowest BCUT2D eigenvalue weighted by Gasteiger charge is -2.21. The fourth-order valence-corrected chi connectivity index (χ4v) is 4.41. The molecular weight excluding hydrogens is 415 g/mol. The van der Waals surface area contributed by atoms with Gasteiger partial charge in [-0.1, -0.05) is 42.3 Å². The minimum absolute atomic E-state index is 0.0414. The predicted octanol–water partition coefficient (Wildman–Crippen LogP) is 4.97. The van der Waals surface area contributed by atoms with E-state index in [1.54, 1.807) is 24.3 Å². The molecule has 2 rings (SSSR count). The van der Waals surface area contributed by atoms with E-state index >= 15 is 0 Å². The van der Waals surface area contributed by atoms with Crippen LogP contribution in [0.4, 0.5) is 10.5 Å². The maximum absolute atomic E-state index is 12.5. The summed E-state index contributed by atoms with van der Waals surface area (Å²) >= 11 is 13.1. The summed E-state index contributed by atoms with van der Waals surface area (Å²) in [5.41, 5.74) is 0.474. The Morgan fingerprint density at radius 1 is 1.12 bits per heavy atom. The molecule has 0 aliphatic rings. The fraction of sp³-hybridized carbons (Fsp3) is 0.235. The molecule has 0 atom stereocenters. The number of benzene rings is 2. The lowest BCUT2D eigenvalue weighted by atomic mass is 10.3. The molecule has 1 N–H and O–H groups in total. The fourth-order valence-electron chi connectivity index (χ4n) is 2.08. The number of carbonyl (C=O) groups is 1. The molecule has 0 fully saturated rings. The van der Waals surface area contributed by atoms with Crippen LogP contribution in [0.2, 0.25) is 10.0 Å². The van der Waals surface area contributed by atoms with Gasteiger partial charge in [-0.3, -0.25) is 4.31 Å². The van der Waals surface area contributed by atoms with E-state index in [4.69, 9.17) is 23.2 Å². The van der Waals surface area contributed by atoms with Gasteiger partial charge in [0.1, 0.15) is 0 Å². The number of halogens is 2. The van der Waals surface area contributed by atoms with Gasteiger partial charge in [0.2, 0.25) is 0 Å². The Bertz CT molecular complexity index is 859. The number of para-hydroxylation sites is 1. The first-order valence-electron chi connectivity index (χ1n) is 7.78. The van der Waals surface area contributed by atoms with E-state index in [1.807, 2.05) is 6.92 Å². The van der Waals surface area contributed by atoms with Crippen LogP contribution < -0.4 is 5.32 Å². The monoisotopic (exact) mass is 432 g/mol. The summed E-state index contributed by atoms with van der Waals surface area (Å²) in [5.74, 6) is 0.425. The molecule has 9 heteroatoms. The Hall–Kier alpha value is -1.41. The van der Waals surface area contributed by atoms with Crippen LogP contribution in [0.15, 0.2) is 53.4 Å². The highest BCUT2D eigenvalue weighted by molar-refractivity contribution is 7.97. The van der Waals surface area contributed by atoms with Crippen molar-refractivity contribution in [2.24, 2.45) is 0 Å². The van der Waals surface area contributed by atoms with Gasteiger partial charge in [0.05, 0.1) is 21.4 Å². The number of carbonyl (C=O) groups excluding carboxylic acids is 1. The molecule has 0 spiro atoms. The van der Waals surface area contributed by atoms with E-state index in [1.165, 1.54) is 40.5 Å². The molecule has 2 amide bonds. The van der Waals surface area contributed by atoms with Crippen LogP contribution in [0.5, 0.6) is 0 Å². The number of nitrogens with one attached hydrogen (secondary N) is 1. The molecule has 2 aromatic rings. The van der Waals surface area contributed by atoms with Crippen LogP contribution in [0.25, 0.3) is 0 Å². The highest BCUT2D eigenvalue weighted by Gasteiger charge is 2.20. The average molecular weight is 433 g/mol. The summed E-state index contributed by atoms with van der Waals surface area (Å²) in [7, 11) is -3.52. The first-order chi connectivity index (χ1) is 12.3. The van der Waals surface area contributed by atoms with E-state index in [0.29, 0.717) is 21.5 Å². The zero-order chi connectivity index (χ0) is 19.2. The minimum Gasteiger partial charge on any atom is -0.306 e. The SMILES string of the molecule is CCSN(CCS(=O)(=O)c1ccc(Cl)cc1)C(=O)Nc1ccccc1Cl. The topological polar surface area (TPSA) is 66.5 Å². The second-order valence-electron chi connectivity index (χ2n) is 5.20. The van der Waals surface area contributed by atoms with Gasteiger partial charge in [0, 0.05) is 17.3 Å². The summed E-state index contributed by atoms with van der Waals surface area (Å²) in [5, 5.41) is 3.58. The molecular formula is C17H18Cl2N2O3S2. The third-order valence-corrected chi connectivity index (χ3v) is 6.57. The summed E-state index contributed by atoms with van der Waals surface area (Å²) in [6.45, 7) is 1.92. The van der Waals surface area contributed by atoms with Crippen molar-refractivity contribution in [3.8, 4) is 0 Å². The predicted molar refractivity (Wildman–Crippen MR) is 109 cm³/mol. The van der Waals surface area contributed by atoms with Crippen molar-refractivity contribution in [2.75, 3.05) is 23.4 Å². The van der Waals surface area contributed by atoms with Crippen LogP contribution in [0, 0.1) is 0 Å². The molecule has 0 heterocycles. The van der Waals surface area contributed by atoms with Crippen molar-refractivity contribution in [3.63, 3.8) is 0 Å². The number of rotatable bonds is 7.